The van der Waals surface area contributed by atoms with Crippen molar-refractivity contribution in [2.45, 2.75) is 26.7 Å². The minimum atomic E-state index is 0.494. The molecule has 2 atom stereocenters. The Kier molecular flexibility index (Phi) is 9.58. The number of benzene rings is 1. The van der Waals surface area contributed by atoms with Gasteiger partial charge in [-0.15, -0.1) is 0 Å². The van der Waals surface area contributed by atoms with E-state index < -0.39 is 0 Å². The number of hydrogen-bond acceptors (Lipinski definition) is 2. The average molecular weight is 309 g/mol. The molecule has 4 heteroatoms. The Balaban J connectivity index is 2.23. The van der Waals surface area contributed by atoms with Gasteiger partial charge in [0.1, 0.15) is 0 Å². The first-order chi connectivity index (χ1) is 9.72. The average Bonchev–Trinajstić information content (AvgIpc) is 2.46. The van der Waals surface area contributed by atoms with Crippen molar-refractivity contribution in [3.63, 3.8) is 0 Å². The summed E-state index contributed by atoms with van der Waals surface area (Å²) in [4.78, 5) is 0. The zero-order valence-corrected chi connectivity index (χ0v) is 14.5. The number of allylic oxidation sites excluding steroid dienone is 2. The Morgan fingerprint density at radius 1 is 1.20 bits per heavy atom. The lowest BCUT2D eigenvalue weighted by Crippen LogP contribution is -2.02. The molecule has 0 aliphatic heterocycles. The van der Waals surface area contributed by atoms with Crippen molar-refractivity contribution in [3.05, 3.63) is 53.6 Å². The molecule has 110 valence electrons. The SMILES string of the molecule is C/C(=C\COPP)CC/C=C(\C)CNc1ccccc1. The first-order valence-electron chi connectivity index (χ1n) is 6.90. The highest BCUT2D eigenvalue weighted by molar-refractivity contribution is 8.00. The molecule has 0 spiro atoms. The predicted molar refractivity (Wildman–Crippen MR) is 95.7 cm³/mol. The van der Waals surface area contributed by atoms with Crippen LogP contribution in [0.2, 0.25) is 0 Å². The molecule has 20 heavy (non-hydrogen) atoms. The van der Waals surface area contributed by atoms with Crippen LogP contribution in [-0.2, 0) is 4.52 Å². The van der Waals surface area contributed by atoms with Crippen LogP contribution in [0.25, 0.3) is 0 Å². The summed E-state index contributed by atoms with van der Waals surface area (Å²) in [6.07, 6.45) is 6.67. The van der Waals surface area contributed by atoms with Crippen LogP contribution in [0.1, 0.15) is 26.7 Å². The molecule has 1 aromatic carbocycles. The van der Waals surface area contributed by atoms with Crippen LogP contribution in [0.15, 0.2) is 53.6 Å². The van der Waals surface area contributed by atoms with Crippen LogP contribution in [0.3, 0.4) is 0 Å². The van der Waals surface area contributed by atoms with E-state index in [2.05, 4.69) is 52.4 Å². The van der Waals surface area contributed by atoms with Gasteiger partial charge >= 0.3 is 0 Å². The summed E-state index contributed by atoms with van der Waals surface area (Å²) >= 11 is 0. The highest BCUT2D eigenvalue weighted by Gasteiger charge is 1.93. The predicted octanol–water partition coefficient (Wildman–Crippen LogP) is 5.17. The Labute approximate surface area is 127 Å². The minimum absolute atomic E-state index is 0.494. The Morgan fingerprint density at radius 3 is 2.65 bits per heavy atom. The summed E-state index contributed by atoms with van der Waals surface area (Å²) in [6.45, 7) is 5.98. The highest BCUT2D eigenvalue weighted by atomic mass is 32.0. The van der Waals surface area contributed by atoms with Gasteiger partial charge in [0.25, 0.3) is 0 Å². The summed E-state index contributed by atoms with van der Waals surface area (Å²) in [7, 11) is 3.08. The fourth-order valence-electron chi connectivity index (χ4n) is 1.75. The van der Waals surface area contributed by atoms with Crippen molar-refractivity contribution < 1.29 is 4.52 Å². The van der Waals surface area contributed by atoms with Crippen LogP contribution in [-0.4, -0.2) is 13.2 Å². The third-order valence-electron chi connectivity index (χ3n) is 2.98. The number of hydrogen-bond donors (Lipinski definition) is 1. The van der Waals surface area contributed by atoms with Crippen molar-refractivity contribution in [1.29, 1.82) is 0 Å². The Bertz CT molecular complexity index is 429. The van der Waals surface area contributed by atoms with Crippen LogP contribution in [0, 0.1) is 0 Å². The second kappa shape index (κ2) is 11.0. The van der Waals surface area contributed by atoms with E-state index >= 15 is 0 Å². The monoisotopic (exact) mass is 309 g/mol. The van der Waals surface area contributed by atoms with Gasteiger partial charge in [0, 0.05) is 20.7 Å². The highest BCUT2D eigenvalue weighted by Crippen LogP contribution is 2.21. The largest absolute Gasteiger partial charge is 0.381 e. The van der Waals surface area contributed by atoms with E-state index in [1.807, 2.05) is 18.2 Å². The number of rotatable bonds is 9. The molecule has 0 saturated heterocycles. The molecule has 1 N–H and O–H groups in total. The molecule has 0 bridgehead atoms. The van der Waals surface area contributed by atoms with Gasteiger partial charge in [-0.05, 0) is 38.8 Å². The normalized spacial score (nSPS) is 13.2. The molecule has 0 fully saturated rings. The molecular weight excluding hydrogens is 284 g/mol. The maximum absolute atomic E-state index is 5.31. The molecule has 1 aromatic rings. The van der Waals surface area contributed by atoms with E-state index in [-0.39, 0.29) is 0 Å². The van der Waals surface area contributed by atoms with Crippen LogP contribution in [0.4, 0.5) is 5.69 Å². The molecule has 0 aliphatic carbocycles. The van der Waals surface area contributed by atoms with Crippen molar-refractivity contribution in [2.24, 2.45) is 0 Å². The van der Waals surface area contributed by atoms with Gasteiger partial charge in [0.2, 0.25) is 0 Å². The maximum atomic E-state index is 5.31. The minimum Gasteiger partial charge on any atom is -0.381 e. The van der Waals surface area contributed by atoms with Crippen molar-refractivity contribution in [3.8, 4) is 0 Å². The second-order valence-corrected chi connectivity index (χ2v) is 6.02. The Morgan fingerprint density at radius 2 is 1.95 bits per heavy atom. The van der Waals surface area contributed by atoms with E-state index in [0.717, 1.165) is 26.0 Å². The molecule has 0 heterocycles. The zero-order valence-electron chi connectivity index (χ0n) is 12.4. The molecule has 0 aliphatic rings. The van der Waals surface area contributed by atoms with Crippen LogP contribution in [0.5, 0.6) is 0 Å². The molecule has 2 nitrogen and oxygen atoms in total. The molecule has 0 saturated carbocycles. The van der Waals surface area contributed by atoms with E-state index in [9.17, 15) is 0 Å². The van der Waals surface area contributed by atoms with Crippen molar-refractivity contribution >= 4 is 23.1 Å². The lowest BCUT2D eigenvalue weighted by atomic mass is 10.1. The first kappa shape index (κ1) is 17.4. The van der Waals surface area contributed by atoms with Gasteiger partial charge in [-0.3, -0.25) is 0 Å². The molecule has 0 radical (unpaired) electrons. The second-order valence-electron chi connectivity index (χ2n) is 4.79. The van der Waals surface area contributed by atoms with E-state index in [1.54, 1.807) is 0 Å². The van der Waals surface area contributed by atoms with Gasteiger partial charge in [0.15, 0.2) is 0 Å². The third kappa shape index (κ3) is 8.48. The summed E-state index contributed by atoms with van der Waals surface area (Å²) in [5.41, 5.74) is 3.95. The van der Waals surface area contributed by atoms with Crippen LogP contribution >= 0.6 is 17.4 Å². The van der Waals surface area contributed by atoms with E-state index in [4.69, 9.17) is 4.52 Å². The zero-order chi connectivity index (χ0) is 14.6. The van der Waals surface area contributed by atoms with Crippen molar-refractivity contribution in [2.75, 3.05) is 18.5 Å². The number of nitrogens with one attached hydrogen (secondary N) is 1. The third-order valence-corrected chi connectivity index (χ3v) is 3.81. The topological polar surface area (TPSA) is 21.3 Å². The smallest absolute Gasteiger partial charge is 0.0693 e. The fourth-order valence-corrected chi connectivity index (χ4v) is 2.22. The maximum Gasteiger partial charge on any atom is 0.0693 e. The Hall–Kier alpha value is -0.680. The summed E-state index contributed by atoms with van der Waals surface area (Å²) in [6, 6.07) is 10.3. The van der Waals surface area contributed by atoms with Crippen molar-refractivity contribution in [1.82, 2.24) is 0 Å². The lowest BCUT2D eigenvalue weighted by molar-refractivity contribution is 0.422. The fraction of sp³-hybridized carbons (Fsp3) is 0.375. The van der Waals surface area contributed by atoms with Gasteiger partial charge in [-0.2, -0.15) is 0 Å². The number of anilines is 1. The van der Waals surface area contributed by atoms with Gasteiger partial charge in [0.05, 0.1) is 6.61 Å². The number of para-hydroxylation sites is 1. The standard InChI is InChI=1S/C16H25NOP2/c1-14(11-12-18-20-19)7-6-8-15(2)13-17-16-9-4-3-5-10-16/h3-5,8-11,17,20H,6-7,12-13,19H2,1-2H3/b14-11+,15-8+. The van der Waals surface area contributed by atoms with Gasteiger partial charge in [-0.1, -0.05) is 50.4 Å². The van der Waals surface area contributed by atoms with Crippen LogP contribution < -0.4 is 5.32 Å². The molecule has 1 rings (SSSR count). The summed E-state index contributed by atoms with van der Waals surface area (Å²) < 4.78 is 5.31. The van der Waals surface area contributed by atoms with E-state index in [1.165, 1.54) is 16.8 Å². The summed E-state index contributed by atoms with van der Waals surface area (Å²) in [5, 5.41) is 3.42. The van der Waals surface area contributed by atoms with Gasteiger partial charge in [-0.25, -0.2) is 0 Å². The van der Waals surface area contributed by atoms with Gasteiger partial charge < -0.3 is 9.84 Å². The molecule has 2 unspecified atom stereocenters. The van der Waals surface area contributed by atoms with E-state index in [0.29, 0.717) is 8.50 Å². The lowest BCUT2D eigenvalue weighted by Gasteiger charge is -2.06. The molecule has 0 aromatic heterocycles. The molecule has 0 amide bonds. The first-order valence-corrected chi connectivity index (χ1v) is 9.61. The molecular formula is C16H25NOP2. The quantitative estimate of drug-likeness (QED) is 0.386. The summed E-state index contributed by atoms with van der Waals surface area (Å²) in [5.74, 6) is 0.